The molecule has 2 heterocycles. The van der Waals surface area contributed by atoms with Gasteiger partial charge in [-0.3, -0.25) is 4.90 Å². The Hall–Kier alpha value is -0.900. The third kappa shape index (κ3) is 2.62. The molecule has 110 valence electrons. The Balaban J connectivity index is 1.56. The lowest BCUT2D eigenvalue weighted by Gasteiger charge is -2.50. The summed E-state index contributed by atoms with van der Waals surface area (Å²) in [6, 6.07) is 8.67. The standard InChI is InChI=1S/C17H25NO2/c1-14-5-3-4-6-15(14)11-18-12-17(13-18)16(7-9-19-2)8-10-20-17/h3-6,16H,7-13H2,1-2H3/t16-/m1/s1. The molecule has 3 nitrogen and oxygen atoms in total. The first-order chi connectivity index (χ1) is 9.73. The molecule has 0 amide bonds. The van der Waals surface area contributed by atoms with Crippen LogP contribution in [-0.2, 0) is 16.0 Å². The number of rotatable bonds is 5. The summed E-state index contributed by atoms with van der Waals surface area (Å²) < 4.78 is 11.3. The van der Waals surface area contributed by atoms with Gasteiger partial charge in [0.2, 0.25) is 0 Å². The highest BCUT2D eigenvalue weighted by Gasteiger charge is 2.52. The lowest BCUT2D eigenvalue weighted by molar-refractivity contribution is -0.138. The van der Waals surface area contributed by atoms with E-state index in [1.54, 1.807) is 7.11 Å². The Morgan fingerprint density at radius 3 is 2.90 bits per heavy atom. The quantitative estimate of drug-likeness (QED) is 0.824. The number of ether oxygens (including phenoxy) is 2. The van der Waals surface area contributed by atoms with Crippen LogP contribution >= 0.6 is 0 Å². The minimum Gasteiger partial charge on any atom is -0.385 e. The SMILES string of the molecule is COCC[C@@H]1CCOC12CN(Cc1ccccc1C)C2. The lowest BCUT2D eigenvalue weighted by atomic mass is 9.79. The van der Waals surface area contributed by atoms with E-state index in [0.29, 0.717) is 5.92 Å². The highest BCUT2D eigenvalue weighted by atomic mass is 16.5. The van der Waals surface area contributed by atoms with Crippen molar-refractivity contribution in [1.82, 2.24) is 4.90 Å². The molecular formula is C17H25NO2. The van der Waals surface area contributed by atoms with Crippen molar-refractivity contribution in [3.05, 3.63) is 35.4 Å². The summed E-state index contributed by atoms with van der Waals surface area (Å²) in [6.45, 7) is 7.18. The molecular weight excluding hydrogens is 250 g/mol. The smallest absolute Gasteiger partial charge is 0.0964 e. The van der Waals surface area contributed by atoms with E-state index >= 15 is 0 Å². The molecule has 2 aliphatic rings. The molecule has 0 saturated carbocycles. The number of methoxy groups -OCH3 is 1. The highest BCUT2D eigenvalue weighted by Crippen LogP contribution is 2.42. The van der Waals surface area contributed by atoms with Gasteiger partial charge in [-0.05, 0) is 36.8 Å². The van der Waals surface area contributed by atoms with Crippen LogP contribution in [0.3, 0.4) is 0 Å². The normalized spacial score (nSPS) is 25.0. The Bertz CT molecular complexity index is 454. The molecule has 0 bridgehead atoms. The van der Waals surface area contributed by atoms with Gasteiger partial charge in [-0.25, -0.2) is 0 Å². The lowest BCUT2D eigenvalue weighted by Crippen LogP contribution is -2.64. The number of hydrogen-bond acceptors (Lipinski definition) is 3. The second-order valence-electron chi connectivity index (χ2n) is 6.25. The van der Waals surface area contributed by atoms with Crippen LogP contribution in [0.5, 0.6) is 0 Å². The molecule has 3 heteroatoms. The van der Waals surface area contributed by atoms with E-state index in [1.165, 1.54) is 17.5 Å². The Morgan fingerprint density at radius 2 is 2.15 bits per heavy atom. The van der Waals surface area contributed by atoms with Gasteiger partial charge in [-0.1, -0.05) is 24.3 Å². The molecule has 20 heavy (non-hydrogen) atoms. The molecule has 3 rings (SSSR count). The molecule has 1 aromatic rings. The van der Waals surface area contributed by atoms with Gasteiger partial charge in [0.25, 0.3) is 0 Å². The van der Waals surface area contributed by atoms with Crippen molar-refractivity contribution in [2.75, 3.05) is 33.4 Å². The molecule has 2 saturated heterocycles. The van der Waals surface area contributed by atoms with E-state index in [4.69, 9.17) is 9.47 Å². The van der Waals surface area contributed by atoms with Gasteiger partial charge >= 0.3 is 0 Å². The van der Waals surface area contributed by atoms with Crippen molar-refractivity contribution in [2.24, 2.45) is 5.92 Å². The van der Waals surface area contributed by atoms with Crippen LogP contribution in [0.2, 0.25) is 0 Å². The zero-order valence-corrected chi connectivity index (χ0v) is 12.6. The van der Waals surface area contributed by atoms with E-state index in [9.17, 15) is 0 Å². The summed E-state index contributed by atoms with van der Waals surface area (Å²) in [5.41, 5.74) is 2.95. The van der Waals surface area contributed by atoms with Crippen LogP contribution in [0.15, 0.2) is 24.3 Å². The largest absolute Gasteiger partial charge is 0.385 e. The van der Waals surface area contributed by atoms with Crippen molar-refractivity contribution in [2.45, 2.75) is 31.9 Å². The second kappa shape index (κ2) is 5.84. The molecule has 1 spiro atoms. The Morgan fingerprint density at radius 1 is 1.35 bits per heavy atom. The Labute approximate surface area is 121 Å². The number of nitrogens with zero attached hydrogens (tertiary/aromatic N) is 1. The van der Waals surface area contributed by atoms with Gasteiger partial charge in [-0.15, -0.1) is 0 Å². The van der Waals surface area contributed by atoms with Crippen LogP contribution in [-0.4, -0.2) is 43.9 Å². The molecule has 0 radical (unpaired) electrons. The third-order valence-corrected chi connectivity index (χ3v) is 4.91. The fourth-order valence-electron chi connectivity index (χ4n) is 3.65. The topological polar surface area (TPSA) is 21.7 Å². The summed E-state index contributed by atoms with van der Waals surface area (Å²) in [4.78, 5) is 2.51. The van der Waals surface area contributed by atoms with Crippen LogP contribution in [0, 0.1) is 12.8 Å². The Kier molecular flexibility index (Phi) is 4.11. The number of hydrogen-bond donors (Lipinski definition) is 0. The molecule has 0 aromatic heterocycles. The molecule has 2 aliphatic heterocycles. The van der Waals surface area contributed by atoms with Crippen molar-refractivity contribution >= 4 is 0 Å². The van der Waals surface area contributed by atoms with Gasteiger partial charge in [0, 0.05) is 40.0 Å². The predicted molar refractivity (Wildman–Crippen MR) is 79.7 cm³/mol. The average Bonchev–Trinajstić information content (AvgIpc) is 2.82. The van der Waals surface area contributed by atoms with Crippen LogP contribution in [0.1, 0.15) is 24.0 Å². The maximum absolute atomic E-state index is 6.09. The molecule has 0 unspecified atom stereocenters. The minimum absolute atomic E-state index is 0.126. The third-order valence-electron chi connectivity index (χ3n) is 4.91. The maximum atomic E-state index is 6.09. The van der Waals surface area contributed by atoms with Crippen LogP contribution < -0.4 is 0 Å². The monoisotopic (exact) mass is 275 g/mol. The first-order valence-corrected chi connectivity index (χ1v) is 7.63. The fraction of sp³-hybridized carbons (Fsp3) is 0.647. The first kappa shape index (κ1) is 14.1. The van der Waals surface area contributed by atoms with Crippen LogP contribution in [0.25, 0.3) is 0 Å². The fourth-order valence-corrected chi connectivity index (χ4v) is 3.65. The van der Waals surface area contributed by atoms with Gasteiger partial charge in [0.05, 0.1) is 5.60 Å². The highest BCUT2D eigenvalue weighted by molar-refractivity contribution is 5.26. The van der Waals surface area contributed by atoms with Gasteiger partial charge in [0.1, 0.15) is 0 Å². The molecule has 2 fully saturated rings. The molecule has 0 aliphatic carbocycles. The maximum Gasteiger partial charge on any atom is 0.0964 e. The van der Waals surface area contributed by atoms with E-state index in [0.717, 1.165) is 39.3 Å². The van der Waals surface area contributed by atoms with E-state index < -0.39 is 0 Å². The number of likely N-dealkylation sites (tertiary alicyclic amines) is 1. The number of benzene rings is 1. The second-order valence-corrected chi connectivity index (χ2v) is 6.25. The van der Waals surface area contributed by atoms with E-state index in [1.807, 2.05) is 0 Å². The molecule has 0 N–H and O–H groups in total. The average molecular weight is 275 g/mol. The van der Waals surface area contributed by atoms with Crippen LogP contribution in [0.4, 0.5) is 0 Å². The number of aryl methyl sites for hydroxylation is 1. The molecule has 1 aromatic carbocycles. The summed E-state index contributed by atoms with van der Waals surface area (Å²) in [7, 11) is 1.79. The van der Waals surface area contributed by atoms with E-state index in [-0.39, 0.29) is 5.60 Å². The summed E-state index contributed by atoms with van der Waals surface area (Å²) >= 11 is 0. The summed E-state index contributed by atoms with van der Waals surface area (Å²) in [5.74, 6) is 0.676. The van der Waals surface area contributed by atoms with Gasteiger partial charge < -0.3 is 9.47 Å². The van der Waals surface area contributed by atoms with E-state index in [2.05, 4.69) is 36.1 Å². The zero-order valence-electron chi connectivity index (χ0n) is 12.6. The zero-order chi connectivity index (χ0) is 14.0. The van der Waals surface area contributed by atoms with Crippen molar-refractivity contribution < 1.29 is 9.47 Å². The summed E-state index contributed by atoms with van der Waals surface area (Å²) in [6.07, 6.45) is 2.33. The predicted octanol–water partition coefficient (Wildman–Crippen LogP) is 2.62. The first-order valence-electron chi connectivity index (χ1n) is 7.63. The van der Waals surface area contributed by atoms with Crippen molar-refractivity contribution in [3.8, 4) is 0 Å². The van der Waals surface area contributed by atoms with Crippen molar-refractivity contribution in [1.29, 1.82) is 0 Å². The summed E-state index contributed by atoms with van der Waals surface area (Å²) in [5, 5.41) is 0. The molecule has 1 atom stereocenters. The minimum atomic E-state index is 0.126. The van der Waals surface area contributed by atoms with Gasteiger partial charge in [0.15, 0.2) is 0 Å². The van der Waals surface area contributed by atoms with Crippen molar-refractivity contribution in [3.63, 3.8) is 0 Å². The van der Waals surface area contributed by atoms with Gasteiger partial charge in [-0.2, -0.15) is 0 Å².